The first-order valence-corrected chi connectivity index (χ1v) is 11.1. The highest BCUT2D eigenvalue weighted by Crippen LogP contribution is 2.32. The fourth-order valence-corrected chi connectivity index (χ4v) is 3.91. The first-order chi connectivity index (χ1) is 16.5. The van der Waals surface area contributed by atoms with Gasteiger partial charge in [0.2, 0.25) is 5.95 Å². The molecule has 1 aliphatic rings. The number of carbonyl (C=O) groups excluding carboxylic acids is 1. The number of hydrogen-bond acceptors (Lipinski definition) is 10. The zero-order valence-corrected chi connectivity index (χ0v) is 19.2. The fraction of sp³-hybridized carbons (Fsp3) is 0.333. The minimum Gasteiger partial charge on any atom is -0.494 e. The van der Waals surface area contributed by atoms with Crippen molar-refractivity contribution < 1.29 is 27.8 Å². The summed E-state index contributed by atoms with van der Waals surface area (Å²) in [5.41, 5.74) is 0.00925. The first kappa shape index (κ1) is 23.6. The molecule has 0 saturated carbocycles. The molecule has 10 nitrogen and oxygen atoms in total. The summed E-state index contributed by atoms with van der Waals surface area (Å²) in [5.74, 6) is -1.78. The number of hydrogen-bond donors (Lipinski definition) is 2. The van der Waals surface area contributed by atoms with E-state index in [2.05, 4.69) is 25.6 Å². The number of aromatic nitrogens is 3. The number of carbonyl (C=O) groups is 1. The maximum atomic E-state index is 14.5. The van der Waals surface area contributed by atoms with E-state index in [9.17, 15) is 13.6 Å². The molecule has 3 aromatic rings. The highest BCUT2D eigenvalue weighted by atomic mass is 32.1. The summed E-state index contributed by atoms with van der Waals surface area (Å²) in [5, 5.41) is 8.26. The lowest BCUT2D eigenvalue weighted by Gasteiger charge is -2.26. The van der Waals surface area contributed by atoms with Crippen molar-refractivity contribution in [1.29, 1.82) is 0 Å². The molecule has 2 aromatic heterocycles. The van der Waals surface area contributed by atoms with E-state index in [1.165, 1.54) is 38.0 Å². The average Bonchev–Trinajstić information content (AvgIpc) is 3.33. The van der Waals surface area contributed by atoms with Gasteiger partial charge in [-0.15, -0.1) is 11.3 Å². The van der Waals surface area contributed by atoms with E-state index in [0.29, 0.717) is 23.9 Å². The predicted molar refractivity (Wildman–Crippen MR) is 120 cm³/mol. The minimum absolute atomic E-state index is 0.121. The van der Waals surface area contributed by atoms with Gasteiger partial charge in [0, 0.05) is 37.6 Å². The number of ether oxygens (including phenoxy) is 3. The van der Waals surface area contributed by atoms with Crippen molar-refractivity contribution in [1.82, 2.24) is 25.2 Å². The number of rotatable bonds is 8. The van der Waals surface area contributed by atoms with Crippen molar-refractivity contribution in [3.8, 4) is 17.2 Å². The van der Waals surface area contributed by atoms with Crippen LogP contribution in [0.25, 0.3) is 0 Å². The van der Waals surface area contributed by atoms with Gasteiger partial charge in [0.25, 0.3) is 5.91 Å². The lowest BCUT2D eigenvalue weighted by molar-refractivity contribution is 0.0731. The van der Waals surface area contributed by atoms with Crippen LogP contribution < -0.4 is 24.8 Å². The molecule has 0 unspecified atom stereocenters. The molecular formula is C21H22F2N6O4S. The SMILES string of the molecule is COc1cc(OC)c(F)c(COc2cnc(Nc3nc(C(=O)N4CCNCC4)cs3)nc2)c1F. The summed E-state index contributed by atoms with van der Waals surface area (Å²) in [6.07, 6.45) is 2.70. The Kier molecular flexibility index (Phi) is 7.33. The lowest BCUT2D eigenvalue weighted by Crippen LogP contribution is -2.46. The van der Waals surface area contributed by atoms with Crippen molar-refractivity contribution in [2.24, 2.45) is 0 Å². The second-order valence-corrected chi connectivity index (χ2v) is 7.98. The number of methoxy groups -OCH3 is 2. The lowest BCUT2D eigenvalue weighted by atomic mass is 10.1. The topological polar surface area (TPSA) is 111 Å². The van der Waals surface area contributed by atoms with Crippen molar-refractivity contribution in [3.63, 3.8) is 0 Å². The maximum Gasteiger partial charge on any atom is 0.273 e. The quantitative estimate of drug-likeness (QED) is 0.490. The molecule has 1 saturated heterocycles. The molecule has 180 valence electrons. The predicted octanol–water partition coefficient (Wildman–Crippen LogP) is 2.60. The molecule has 1 aliphatic heterocycles. The molecule has 13 heteroatoms. The highest BCUT2D eigenvalue weighted by Gasteiger charge is 2.22. The number of benzene rings is 1. The number of nitrogens with one attached hydrogen (secondary N) is 2. The molecule has 0 aliphatic carbocycles. The van der Waals surface area contributed by atoms with Crippen molar-refractivity contribution in [2.45, 2.75) is 6.61 Å². The Morgan fingerprint density at radius 3 is 2.41 bits per heavy atom. The first-order valence-electron chi connectivity index (χ1n) is 10.3. The molecule has 1 fully saturated rings. The summed E-state index contributed by atoms with van der Waals surface area (Å²) < 4.78 is 44.2. The van der Waals surface area contributed by atoms with Crippen molar-refractivity contribution in [2.75, 3.05) is 45.7 Å². The van der Waals surface area contributed by atoms with Gasteiger partial charge in [-0.2, -0.15) is 0 Å². The van der Waals surface area contributed by atoms with Crippen LogP contribution in [0.5, 0.6) is 17.2 Å². The van der Waals surface area contributed by atoms with E-state index in [-0.39, 0.29) is 34.7 Å². The second-order valence-electron chi connectivity index (χ2n) is 7.12. The van der Waals surface area contributed by atoms with Crippen LogP contribution >= 0.6 is 11.3 Å². The van der Waals surface area contributed by atoms with Crippen LogP contribution in [0.1, 0.15) is 16.1 Å². The molecule has 0 spiro atoms. The average molecular weight is 493 g/mol. The molecule has 2 N–H and O–H groups in total. The zero-order chi connectivity index (χ0) is 24.1. The van der Waals surface area contributed by atoms with E-state index >= 15 is 0 Å². The number of anilines is 2. The van der Waals surface area contributed by atoms with Crippen LogP contribution in [-0.2, 0) is 6.61 Å². The largest absolute Gasteiger partial charge is 0.494 e. The van der Waals surface area contributed by atoms with Gasteiger partial charge in [-0.3, -0.25) is 4.79 Å². The van der Waals surface area contributed by atoms with E-state index < -0.39 is 18.2 Å². The number of piperazine rings is 1. The molecule has 0 radical (unpaired) electrons. The van der Waals surface area contributed by atoms with E-state index in [0.717, 1.165) is 19.2 Å². The third kappa shape index (κ3) is 5.15. The number of halogens is 2. The van der Waals surface area contributed by atoms with Crippen LogP contribution in [0.4, 0.5) is 19.9 Å². The molecule has 0 bridgehead atoms. The van der Waals surface area contributed by atoms with Crippen molar-refractivity contribution in [3.05, 3.63) is 46.7 Å². The van der Waals surface area contributed by atoms with Gasteiger partial charge in [-0.1, -0.05) is 0 Å². The van der Waals surface area contributed by atoms with Gasteiger partial charge < -0.3 is 29.7 Å². The molecular weight excluding hydrogens is 470 g/mol. The van der Waals surface area contributed by atoms with Gasteiger partial charge in [0.15, 0.2) is 34.0 Å². The normalized spacial score (nSPS) is 13.5. The summed E-state index contributed by atoms with van der Waals surface area (Å²) in [6.45, 7) is 2.37. The second kappa shape index (κ2) is 10.6. The highest BCUT2D eigenvalue weighted by molar-refractivity contribution is 7.14. The Labute approximate surface area is 197 Å². The summed E-state index contributed by atoms with van der Waals surface area (Å²) in [4.78, 5) is 26.8. The van der Waals surface area contributed by atoms with Gasteiger partial charge in [0.1, 0.15) is 12.3 Å². The number of amides is 1. The maximum absolute atomic E-state index is 14.5. The van der Waals surface area contributed by atoms with Crippen LogP contribution in [0, 0.1) is 11.6 Å². The van der Waals surface area contributed by atoms with Crippen LogP contribution in [0.15, 0.2) is 23.8 Å². The zero-order valence-electron chi connectivity index (χ0n) is 18.4. The molecule has 34 heavy (non-hydrogen) atoms. The third-order valence-corrected chi connectivity index (χ3v) is 5.78. The molecule has 3 heterocycles. The molecule has 1 amide bonds. The monoisotopic (exact) mass is 492 g/mol. The van der Waals surface area contributed by atoms with Gasteiger partial charge in [-0.25, -0.2) is 23.7 Å². The minimum atomic E-state index is -0.880. The fourth-order valence-electron chi connectivity index (χ4n) is 3.23. The summed E-state index contributed by atoms with van der Waals surface area (Å²) in [7, 11) is 2.54. The number of nitrogens with zero attached hydrogens (tertiary/aromatic N) is 4. The van der Waals surface area contributed by atoms with E-state index in [1.54, 1.807) is 10.3 Å². The third-order valence-electron chi connectivity index (χ3n) is 5.02. The smallest absolute Gasteiger partial charge is 0.273 e. The Balaban J connectivity index is 1.38. The molecule has 1 aromatic carbocycles. The number of thiazole rings is 1. The molecule has 0 atom stereocenters. The molecule has 4 rings (SSSR count). The van der Waals surface area contributed by atoms with Crippen LogP contribution in [-0.4, -0.2) is 66.2 Å². The van der Waals surface area contributed by atoms with Gasteiger partial charge in [-0.05, 0) is 0 Å². The van der Waals surface area contributed by atoms with Gasteiger partial charge in [0.05, 0.1) is 32.2 Å². The van der Waals surface area contributed by atoms with E-state index in [4.69, 9.17) is 14.2 Å². The van der Waals surface area contributed by atoms with E-state index in [1.807, 2.05) is 0 Å². The Hall–Kier alpha value is -3.58. The van der Waals surface area contributed by atoms with Crippen LogP contribution in [0.2, 0.25) is 0 Å². The summed E-state index contributed by atoms with van der Waals surface area (Å²) >= 11 is 1.25. The van der Waals surface area contributed by atoms with Gasteiger partial charge >= 0.3 is 0 Å². The Morgan fingerprint density at radius 1 is 1.15 bits per heavy atom. The Bertz CT molecular complexity index is 1130. The summed E-state index contributed by atoms with van der Waals surface area (Å²) in [6, 6.07) is 1.12. The van der Waals surface area contributed by atoms with Crippen LogP contribution in [0.3, 0.4) is 0 Å². The Morgan fingerprint density at radius 2 is 1.79 bits per heavy atom. The van der Waals surface area contributed by atoms with Crippen molar-refractivity contribution >= 4 is 28.3 Å². The standard InChI is InChI=1S/C21H22F2N6O4S/c1-31-15-7-16(32-2)18(23)13(17(15)22)10-33-12-8-25-20(26-9-12)28-21-27-14(11-34-21)19(30)29-5-3-24-4-6-29/h7-9,11,24H,3-6,10H2,1-2H3,(H,25,26,27,28).